The average Bonchev–Trinajstić information content (AvgIpc) is 2.47. The van der Waals surface area contributed by atoms with Crippen LogP contribution in [0.5, 0.6) is 0 Å². The van der Waals surface area contributed by atoms with E-state index in [-0.39, 0.29) is 11.6 Å². The maximum atomic E-state index is 11.7. The standard InChI is InChI=1S/C13H12N4O3/c1-14-13(18)11-6-3-7-15-12(11)16-9-4-2-5-10(8-9)17(19)20/h2-8H,1H3,(H,14,18)(H,15,16). The summed E-state index contributed by atoms with van der Waals surface area (Å²) < 4.78 is 0. The van der Waals surface area contributed by atoms with Gasteiger partial charge in [-0.05, 0) is 18.2 Å². The molecule has 1 heterocycles. The topological polar surface area (TPSA) is 97.2 Å². The van der Waals surface area contributed by atoms with Gasteiger partial charge in [0.05, 0.1) is 10.5 Å². The molecule has 0 bridgehead atoms. The summed E-state index contributed by atoms with van der Waals surface area (Å²) >= 11 is 0. The molecule has 1 amide bonds. The van der Waals surface area contributed by atoms with Gasteiger partial charge in [0.1, 0.15) is 5.82 Å². The summed E-state index contributed by atoms with van der Waals surface area (Å²) in [5.74, 6) is 0.0541. The van der Waals surface area contributed by atoms with Crippen LogP contribution in [0, 0.1) is 10.1 Å². The third kappa shape index (κ3) is 2.89. The number of rotatable bonds is 4. The van der Waals surface area contributed by atoms with Crippen molar-refractivity contribution >= 4 is 23.1 Å². The molecule has 0 saturated heterocycles. The van der Waals surface area contributed by atoms with Crippen molar-refractivity contribution in [3.05, 3.63) is 58.3 Å². The van der Waals surface area contributed by atoms with E-state index < -0.39 is 4.92 Å². The Morgan fingerprint density at radius 1 is 1.30 bits per heavy atom. The zero-order chi connectivity index (χ0) is 14.5. The minimum Gasteiger partial charge on any atom is -0.355 e. The molecule has 0 aliphatic rings. The summed E-state index contributed by atoms with van der Waals surface area (Å²) in [6.07, 6.45) is 1.53. The summed E-state index contributed by atoms with van der Waals surface area (Å²) in [7, 11) is 1.52. The molecule has 0 fully saturated rings. The van der Waals surface area contributed by atoms with Crippen LogP contribution in [-0.2, 0) is 0 Å². The van der Waals surface area contributed by atoms with Crippen molar-refractivity contribution < 1.29 is 9.72 Å². The van der Waals surface area contributed by atoms with E-state index >= 15 is 0 Å². The van der Waals surface area contributed by atoms with Gasteiger partial charge in [-0.25, -0.2) is 4.98 Å². The Hall–Kier alpha value is -2.96. The summed E-state index contributed by atoms with van der Waals surface area (Å²) in [6, 6.07) is 9.25. The van der Waals surface area contributed by atoms with Crippen molar-refractivity contribution in [2.75, 3.05) is 12.4 Å². The Morgan fingerprint density at radius 2 is 2.10 bits per heavy atom. The smallest absolute Gasteiger partial charge is 0.271 e. The molecule has 0 unspecified atom stereocenters. The molecular weight excluding hydrogens is 260 g/mol. The Balaban J connectivity index is 2.33. The first-order valence-corrected chi connectivity index (χ1v) is 5.80. The van der Waals surface area contributed by atoms with Crippen LogP contribution in [0.1, 0.15) is 10.4 Å². The highest BCUT2D eigenvalue weighted by Gasteiger charge is 2.12. The summed E-state index contributed by atoms with van der Waals surface area (Å²) in [5, 5.41) is 16.1. The van der Waals surface area contributed by atoms with Crippen LogP contribution in [-0.4, -0.2) is 22.9 Å². The molecule has 20 heavy (non-hydrogen) atoms. The molecule has 7 nitrogen and oxygen atoms in total. The number of pyridine rings is 1. The van der Waals surface area contributed by atoms with Crippen molar-refractivity contribution in [3.8, 4) is 0 Å². The number of nitro groups is 1. The summed E-state index contributed by atoms with van der Waals surface area (Å²) in [4.78, 5) is 26.0. The van der Waals surface area contributed by atoms with E-state index in [4.69, 9.17) is 0 Å². The molecular formula is C13H12N4O3. The second kappa shape index (κ2) is 5.79. The molecule has 2 N–H and O–H groups in total. The third-order valence-corrected chi connectivity index (χ3v) is 2.60. The van der Waals surface area contributed by atoms with Crippen LogP contribution in [0.2, 0.25) is 0 Å². The minimum absolute atomic E-state index is 0.0348. The minimum atomic E-state index is -0.483. The third-order valence-electron chi connectivity index (χ3n) is 2.60. The average molecular weight is 272 g/mol. The van der Waals surface area contributed by atoms with Gasteiger partial charge < -0.3 is 10.6 Å². The lowest BCUT2D eigenvalue weighted by atomic mass is 10.2. The molecule has 2 aromatic rings. The maximum absolute atomic E-state index is 11.7. The highest BCUT2D eigenvalue weighted by atomic mass is 16.6. The fourth-order valence-corrected chi connectivity index (χ4v) is 1.66. The highest BCUT2D eigenvalue weighted by Crippen LogP contribution is 2.22. The Bertz CT molecular complexity index is 658. The van der Waals surface area contributed by atoms with Crippen molar-refractivity contribution in [2.45, 2.75) is 0 Å². The number of hydrogen-bond donors (Lipinski definition) is 2. The van der Waals surface area contributed by atoms with Gasteiger partial charge in [-0.2, -0.15) is 0 Å². The van der Waals surface area contributed by atoms with Crippen LogP contribution in [0.3, 0.4) is 0 Å². The monoisotopic (exact) mass is 272 g/mol. The van der Waals surface area contributed by atoms with Crippen molar-refractivity contribution in [2.24, 2.45) is 0 Å². The van der Waals surface area contributed by atoms with E-state index in [1.54, 1.807) is 24.3 Å². The van der Waals surface area contributed by atoms with E-state index in [1.165, 1.54) is 25.4 Å². The molecule has 0 aliphatic heterocycles. The predicted octanol–water partition coefficient (Wildman–Crippen LogP) is 2.09. The molecule has 0 saturated carbocycles. The number of hydrogen-bond acceptors (Lipinski definition) is 5. The Kier molecular flexibility index (Phi) is 3.90. The number of aromatic nitrogens is 1. The van der Waals surface area contributed by atoms with Gasteiger partial charge in [0.15, 0.2) is 0 Å². The highest BCUT2D eigenvalue weighted by molar-refractivity contribution is 5.99. The molecule has 1 aromatic carbocycles. The number of carbonyl (C=O) groups is 1. The van der Waals surface area contributed by atoms with Gasteiger partial charge in [-0.15, -0.1) is 0 Å². The molecule has 0 radical (unpaired) electrons. The lowest BCUT2D eigenvalue weighted by Gasteiger charge is -2.09. The summed E-state index contributed by atoms with van der Waals surface area (Å²) in [5.41, 5.74) is 0.817. The molecule has 7 heteroatoms. The molecule has 0 spiro atoms. The lowest BCUT2D eigenvalue weighted by Crippen LogP contribution is -2.19. The van der Waals surface area contributed by atoms with Crippen molar-refractivity contribution in [1.82, 2.24) is 10.3 Å². The van der Waals surface area contributed by atoms with Crippen LogP contribution >= 0.6 is 0 Å². The Morgan fingerprint density at radius 3 is 2.80 bits per heavy atom. The number of benzene rings is 1. The first kappa shape index (κ1) is 13.5. The van der Waals surface area contributed by atoms with E-state index in [9.17, 15) is 14.9 Å². The van der Waals surface area contributed by atoms with Gasteiger partial charge >= 0.3 is 0 Å². The number of non-ortho nitro benzene ring substituents is 1. The van der Waals surface area contributed by atoms with Gasteiger partial charge in [-0.1, -0.05) is 6.07 Å². The normalized spacial score (nSPS) is 9.85. The number of anilines is 2. The molecule has 2 rings (SSSR count). The number of nitrogens with one attached hydrogen (secondary N) is 2. The largest absolute Gasteiger partial charge is 0.355 e. The zero-order valence-electron chi connectivity index (χ0n) is 10.7. The fourth-order valence-electron chi connectivity index (χ4n) is 1.66. The number of carbonyl (C=O) groups excluding carboxylic acids is 1. The first-order valence-electron chi connectivity index (χ1n) is 5.80. The summed E-state index contributed by atoms with van der Waals surface area (Å²) in [6.45, 7) is 0. The predicted molar refractivity (Wildman–Crippen MR) is 74.0 cm³/mol. The number of amides is 1. The first-order chi connectivity index (χ1) is 9.61. The Labute approximate surface area is 114 Å². The van der Waals surface area contributed by atoms with Gasteiger partial charge in [0.25, 0.3) is 11.6 Å². The van der Waals surface area contributed by atoms with E-state index in [0.29, 0.717) is 17.1 Å². The quantitative estimate of drug-likeness (QED) is 0.656. The molecule has 1 aromatic heterocycles. The van der Waals surface area contributed by atoms with E-state index in [2.05, 4.69) is 15.6 Å². The van der Waals surface area contributed by atoms with E-state index in [1.807, 2.05) is 0 Å². The molecule has 0 atom stereocenters. The van der Waals surface area contributed by atoms with Crippen LogP contribution in [0.15, 0.2) is 42.6 Å². The zero-order valence-corrected chi connectivity index (χ0v) is 10.7. The van der Waals surface area contributed by atoms with Crippen LogP contribution in [0.4, 0.5) is 17.2 Å². The van der Waals surface area contributed by atoms with E-state index in [0.717, 1.165) is 0 Å². The van der Waals surface area contributed by atoms with Gasteiger partial charge in [0.2, 0.25) is 0 Å². The van der Waals surface area contributed by atoms with Gasteiger partial charge in [0, 0.05) is 31.1 Å². The van der Waals surface area contributed by atoms with Crippen molar-refractivity contribution in [3.63, 3.8) is 0 Å². The second-order valence-electron chi connectivity index (χ2n) is 3.91. The molecule has 102 valence electrons. The maximum Gasteiger partial charge on any atom is 0.271 e. The van der Waals surface area contributed by atoms with Crippen LogP contribution < -0.4 is 10.6 Å². The van der Waals surface area contributed by atoms with Crippen LogP contribution in [0.25, 0.3) is 0 Å². The lowest BCUT2D eigenvalue weighted by molar-refractivity contribution is -0.384. The van der Waals surface area contributed by atoms with Gasteiger partial charge in [-0.3, -0.25) is 14.9 Å². The SMILES string of the molecule is CNC(=O)c1cccnc1Nc1cccc([N+](=O)[O-])c1. The van der Waals surface area contributed by atoms with Crippen molar-refractivity contribution in [1.29, 1.82) is 0 Å². The number of nitro benzene ring substituents is 1. The molecule has 0 aliphatic carbocycles. The number of nitrogens with zero attached hydrogens (tertiary/aromatic N) is 2. The fraction of sp³-hybridized carbons (Fsp3) is 0.0769. The second-order valence-corrected chi connectivity index (χ2v) is 3.91.